The lowest BCUT2D eigenvalue weighted by Crippen LogP contribution is -2.23. The zero-order chi connectivity index (χ0) is 18.6. The molecule has 27 heavy (non-hydrogen) atoms. The standard InChI is InChI=1S/C19H16N2O6.2H2/c22-18(20-9-12-1-3-14-16(7-12)25-11-24-14)5-6-19(23)21-10-13-2-4-15-17(8-13)27-26-15;;/h1-8H,9-11H2,(H,20,22)(H,21,23);2*1H/b6-5+;;. The van der Waals surface area contributed by atoms with Crippen LogP contribution in [0, 0.1) is 0 Å². The summed E-state index contributed by atoms with van der Waals surface area (Å²) in [4.78, 5) is 23.7. The Labute approximate surface area is 156 Å². The Hall–Kier alpha value is -3.68. The highest BCUT2D eigenvalue weighted by molar-refractivity contribution is 5.96. The topological polar surface area (TPSA) is 103 Å². The van der Waals surface area contributed by atoms with Crippen LogP contribution in [0.3, 0.4) is 0 Å². The van der Waals surface area contributed by atoms with Crippen LogP contribution in [-0.2, 0) is 22.7 Å². The molecule has 2 amide bonds. The second-order valence-electron chi connectivity index (χ2n) is 5.90. The van der Waals surface area contributed by atoms with Crippen molar-refractivity contribution in [2.75, 3.05) is 6.79 Å². The van der Waals surface area contributed by atoms with Gasteiger partial charge in [0.05, 0.1) is 0 Å². The molecule has 0 spiro atoms. The Morgan fingerprint density at radius 2 is 1.48 bits per heavy atom. The third-order valence-corrected chi connectivity index (χ3v) is 3.99. The third kappa shape index (κ3) is 3.95. The molecule has 4 rings (SSSR count). The van der Waals surface area contributed by atoms with Crippen LogP contribution in [0.4, 0.5) is 0 Å². The Morgan fingerprint density at radius 3 is 2.15 bits per heavy atom. The highest BCUT2D eigenvalue weighted by atomic mass is 17.0. The van der Waals surface area contributed by atoms with Gasteiger partial charge in [-0.3, -0.25) is 18.7 Å². The fraction of sp³-hybridized carbons (Fsp3) is 0.158. The van der Waals surface area contributed by atoms with Gasteiger partial charge in [0.1, 0.15) is 0 Å². The molecule has 0 saturated carbocycles. The number of nitrogens with one attached hydrogen (secondary N) is 2. The average Bonchev–Trinajstić information content (AvgIpc) is 3.12. The summed E-state index contributed by atoms with van der Waals surface area (Å²) in [5.41, 5.74) is 3.05. The fourth-order valence-electron chi connectivity index (χ4n) is 2.55. The molecule has 0 saturated heterocycles. The number of carbonyl (C=O) groups excluding carboxylic acids is 2. The van der Waals surface area contributed by atoms with Crippen molar-refractivity contribution < 1.29 is 31.1 Å². The summed E-state index contributed by atoms with van der Waals surface area (Å²) in [6.07, 6.45) is 2.38. The summed E-state index contributed by atoms with van der Waals surface area (Å²) in [6, 6.07) is 10.8. The normalized spacial score (nSPS) is 12.6. The molecule has 0 aliphatic carbocycles. The molecule has 2 aromatic carbocycles. The molecule has 0 unspecified atom stereocenters. The van der Waals surface area contributed by atoms with Crippen LogP contribution in [-0.4, -0.2) is 18.6 Å². The van der Waals surface area contributed by atoms with Crippen molar-refractivity contribution in [3.05, 3.63) is 59.7 Å². The van der Waals surface area contributed by atoms with Gasteiger partial charge in [-0.25, -0.2) is 0 Å². The van der Waals surface area contributed by atoms with E-state index in [0.29, 0.717) is 35.8 Å². The van der Waals surface area contributed by atoms with Crippen LogP contribution in [0.1, 0.15) is 14.0 Å². The van der Waals surface area contributed by atoms with Crippen molar-refractivity contribution >= 4 is 23.0 Å². The Kier molecular flexibility index (Phi) is 4.52. The summed E-state index contributed by atoms with van der Waals surface area (Å²) in [7, 11) is 0. The Morgan fingerprint density at radius 1 is 0.852 bits per heavy atom. The molecule has 8 heteroatoms. The minimum absolute atomic E-state index is 0. The minimum Gasteiger partial charge on any atom is -0.454 e. The van der Waals surface area contributed by atoms with Gasteiger partial charge in [-0.05, 0) is 35.4 Å². The van der Waals surface area contributed by atoms with Gasteiger partial charge in [0.25, 0.3) is 0 Å². The van der Waals surface area contributed by atoms with Gasteiger partial charge in [0, 0.05) is 28.1 Å². The van der Waals surface area contributed by atoms with E-state index in [1.165, 1.54) is 12.2 Å². The third-order valence-electron chi connectivity index (χ3n) is 3.99. The van der Waals surface area contributed by atoms with Crippen molar-refractivity contribution in [3.8, 4) is 11.5 Å². The highest BCUT2D eigenvalue weighted by Gasteiger charge is 2.13. The van der Waals surface area contributed by atoms with E-state index in [1.54, 1.807) is 18.2 Å². The predicted octanol–water partition coefficient (Wildman–Crippen LogP) is 2.74. The molecular weight excluding hydrogens is 352 g/mol. The molecule has 0 fully saturated rings. The van der Waals surface area contributed by atoms with Gasteiger partial charge < -0.3 is 20.1 Å². The molecule has 3 aromatic rings. The SMILES string of the molecule is O=C(/C=C/C(=O)NCc1ccc2ooc2c1)NCc1ccc2c(c1)OCO2.[HH].[HH]. The van der Waals surface area contributed by atoms with Crippen LogP contribution >= 0.6 is 0 Å². The van der Waals surface area contributed by atoms with Gasteiger partial charge in [-0.1, -0.05) is 12.1 Å². The summed E-state index contributed by atoms with van der Waals surface area (Å²) in [5, 5.41) is 5.40. The summed E-state index contributed by atoms with van der Waals surface area (Å²) in [5.74, 6) is 0.612. The van der Waals surface area contributed by atoms with Crippen LogP contribution in [0.5, 0.6) is 11.5 Å². The maximum Gasteiger partial charge on any atom is 0.244 e. The van der Waals surface area contributed by atoms with Crippen molar-refractivity contribution in [3.63, 3.8) is 0 Å². The Balaban J connectivity index is 0.00000150. The second kappa shape index (κ2) is 7.28. The number of hydrogen-bond donors (Lipinski definition) is 2. The zero-order valence-corrected chi connectivity index (χ0v) is 14.2. The summed E-state index contributed by atoms with van der Waals surface area (Å²) >= 11 is 0. The number of ether oxygens (including phenoxy) is 2. The molecule has 0 bridgehead atoms. The first-order valence-electron chi connectivity index (χ1n) is 8.27. The lowest BCUT2D eigenvalue weighted by atomic mass is 10.2. The Bertz CT molecular complexity index is 1030. The minimum atomic E-state index is -0.368. The molecule has 1 aromatic heterocycles. The molecule has 2 N–H and O–H groups in total. The highest BCUT2D eigenvalue weighted by Crippen LogP contribution is 2.32. The summed E-state index contributed by atoms with van der Waals surface area (Å²) in [6.45, 7) is 0.840. The number of carbonyl (C=O) groups is 2. The largest absolute Gasteiger partial charge is 0.454 e. The van der Waals surface area contributed by atoms with Gasteiger partial charge in [0.15, 0.2) is 11.5 Å². The van der Waals surface area contributed by atoms with E-state index >= 15 is 0 Å². The second-order valence-corrected chi connectivity index (χ2v) is 5.90. The molecule has 1 aliphatic rings. The fourth-order valence-corrected chi connectivity index (χ4v) is 2.55. The van der Waals surface area contributed by atoms with Crippen LogP contribution in [0.15, 0.2) is 57.7 Å². The lowest BCUT2D eigenvalue weighted by molar-refractivity contribution is -0.118. The molecule has 142 valence electrons. The average molecular weight is 372 g/mol. The van der Waals surface area contributed by atoms with E-state index in [2.05, 4.69) is 10.6 Å². The van der Waals surface area contributed by atoms with E-state index in [4.69, 9.17) is 18.6 Å². The molecule has 1 aliphatic heterocycles. The van der Waals surface area contributed by atoms with Crippen molar-refractivity contribution in [1.82, 2.24) is 10.6 Å². The van der Waals surface area contributed by atoms with E-state index < -0.39 is 0 Å². The van der Waals surface area contributed by atoms with Crippen molar-refractivity contribution in [1.29, 1.82) is 0 Å². The van der Waals surface area contributed by atoms with Crippen LogP contribution in [0.2, 0.25) is 0 Å². The quantitative estimate of drug-likeness (QED) is 0.509. The number of fused-ring (bicyclic) bond motifs is 2. The van der Waals surface area contributed by atoms with E-state index in [1.807, 2.05) is 18.2 Å². The van der Waals surface area contributed by atoms with Gasteiger partial charge >= 0.3 is 0 Å². The first-order valence-corrected chi connectivity index (χ1v) is 8.27. The monoisotopic (exact) mass is 372 g/mol. The molecule has 2 heterocycles. The number of hydrogen-bond acceptors (Lipinski definition) is 6. The number of rotatable bonds is 6. The summed E-state index contributed by atoms with van der Waals surface area (Å²) < 4.78 is 20.1. The molecule has 8 nitrogen and oxygen atoms in total. The predicted molar refractivity (Wildman–Crippen MR) is 98.1 cm³/mol. The van der Waals surface area contributed by atoms with Crippen LogP contribution in [0.25, 0.3) is 11.2 Å². The lowest BCUT2D eigenvalue weighted by Gasteiger charge is -2.05. The maximum absolute atomic E-state index is 11.9. The van der Waals surface area contributed by atoms with E-state index in [-0.39, 0.29) is 21.5 Å². The first-order chi connectivity index (χ1) is 13.2. The number of amides is 2. The smallest absolute Gasteiger partial charge is 0.244 e. The van der Waals surface area contributed by atoms with Crippen molar-refractivity contribution in [2.45, 2.75) is 13.1 Å². The van der Waals surface area contributed by atoms with Gasteiger partial charge in [-0.15, -0.1) is 0 Å². The number of benzene rings is 2. The van der Waals surface area contributed by atoms with E-state index in [0.717, 1.165) is 11.1 Å². The van der Waals surface area contributed by atoms with Crippen LogP contribution < -0.4 is 20.1 Å². The molecule has 0 radical (unpaired) electrons. The first kappa shape index (κ1) is 16.8. The van der Waals surface area contributed by atoms with E-state index in [9.17, 15) is 9.59 Å². The van der Waals surface area contributed by atoms with Gasteiger partial charge in [-0.2, -0.15) is 0 Å². The maximum atomic E-state index is 11.9. The van der Waals surface area contributed by atoms with Crippen molar-refractivity contribution in [2.24, 2.45) is 0 Å². The molecule has 0 atom stereocenters. The van der Waals surface area contributed by atoms with Gasteiger partial charge in [0.2, 0.25) is 29.8 Å². The molecular formula is C19H20N2O6. The zero-order valence-electron chi connectivity index (χ0n) is 14.2.